The summed E-state index contributed by atoms with van der Waals surface area (Å²) >= 11 is 6.01. The van der Waals surface area contributed by atoms with Gasteiger partial charge in [-0.05, 0) is 67.4 Å². The van der Waals surface area contributed by atoms with E-state index in [1.165, 1.54) is 10.9 Å². The molecule has 35 heavy (non-hydrogen) atoms. The predicted molar refractivity (Wildman–Crippen MR) is 136 cm³/mol. The molecule has 0 atom stereocenters. The van der Waals surface area contributed by atoms with E-state index >= 15 is 0 Å². The fraction of sp³-hybridized carbons (Fsp3) is 0.148. The third-order valence-electron chi connectivity index (χ3n) is 5.76. The molecule has 8 heteroatoms. The van der Waals surface area contributed by atoms with E-state index in [1.54, 1.807) is 60.7 Å². The van der Waals surface area contributed by atoms with Gasteiger partial charge in [0.25, 0.3) is 11.5 Å². The van der Waals surface area contributed by atoms with Crippen LogP contribution >= 0.6 is 11.6 Å². The van der Waals surface area contributed by atoms with Crippen molar-refractivity contribution in [2.75, 3.05) is 18.4 Å². The van der Waals surface area contributed by atoms with Crippen LogP contribution in [0.2, 0.25) is 5.02 Å². The first-order valence-electron chi connectivity index (χ1n) is 11.4. The van der Waals surface area contributed by atoms with Crippen LogP contribution in [0.3, 0.4) is 0 Å². The van der Waals surface area contributed by atoms with Gasteiger partial charge in [-0.2, -0.15) is 9.78 Å². The maximum atomic E-state index is 13.5. The molecule has 1 amide bonds. The molecule has 1 saturated heterocycles. The largest absolute Gasteiger partial charge is 0.453 e. The third-order valence-corrected chi connectivity index (χ3v) is 6.01. The van der Waals surface area contributed by atoms with E-state index in [-0.39, 0.29) is 17.3 Å². The summed E-state index contributed by atoms with van der Waals surface area (Å²) in [6, 6.07) is 23.1. The van der Waals surface area contributed by atoms with E-state index in [9.17, 15) is 9.59 Å². The van der Waals surface area contributed by atoms with Crippen molar-refractivity contribution in [3.63, 3.8) is 0 Å². The molecular formula is C27H23ClN4O3. The van der Waals surface area contributed by atoms with Crippen molar-refractivity contribution >= 4 is 28.9 Å². The van der Waals surface area contributed by atoms with Crippen molar-refractivity contribution in [1.82, 2.24) is 14.7 Å². The van der Waals surface area contributed by atoms with Crippen LogP contribution < -0.4 is 15.6 Å². The molecule has 2 heterocycles. The smallest absolute Gasteiger partial charge is 0.299 e. The van der Waals surface area contributed by atoms with Crippen molar-refractivity contribution in [2.24, 2.45) is 0 Å². The summed E-state index contributed by atoms with van der Waals surface area (Å²) in [6.07, 6.45) is 3.53. The number of nitrogens with zero attached hydrogens (tertiary/aromatic N) is 3. The van der Waals surface area contributed by atoms with Crippen LogP contribution in [0.15, 0.2) is 89.9 Å². The van der Waals surface area contributed by atoms with E-state index in [1.807, 2.05) is 23.1 Å². The van der Waals surface area contributed by atoms with Crippen molar-refractivity contribution in [1.29, 1.82) is 0 Å². The van der Waals surface area contributed by atoms with Gasteiger partial charge in [0.15, 0.2) is 11.4 Å². The Morgan fingerprint density at radius 2 is 1.69 bits per heavy atom. The van der Waals surface area contributed by atoms with Crippen LogP contribution in [0.1, 0.15) is 23.2 Å². The summed E-state index contributed by atoms with van der Waals surface area (Å²) in [5, 5.41) is 8.04. The number of anilines is 2. The van der Waals surface area contributed by atoms with Crippen LogP contribution in [-0.2, 0) is 0 Å². The van der Waals surface area contributed by atoms with Gasteiger partial charge in [0, 0.05) is 29.4 Å². The van der Waals surface area contributed by atoms with Gasteiger partial charge in [0.2, 0.25) is 0 Å². The minimum atomic E-state index is -0.406. The summed E-state index contributed by atoms with van der Waals surface area (Å²) in [5.74, 6) is 0.821. The van der Waals surface area contributed by atoms with Crippen molar-refractivity contribution < 1.29 is 9.53 Å². The predicted octanol–water partition coefficient (Wildman–Crippen LogP) is 5.66. The molecule has 4 aromatic rings. The van der Waals surface area contributed by atoms with E-state index in [2.05, 4.69) is 10.4 Å². The lowest BCUT2D eigenvalue weighted by atomic mass is 10.1. The number of carbonyl (C=O) groups excluding carboxylic acids is 1. The maximum absolute atomic E-state index is 13.5. The molecule has 7 nitrogen and oxygen atoms in total. The topological polar surface area (TPSA) is 76.5 Å². The molecule has 5 rings (SSSR count). The first-order chi connectivity index (χ1) is 17.1. The number of likely N-dealkylation sites (tertiary alicyclic amines) is 1. The molecule has 1 aromatic heterocycles. The molecular weight excluding hydrogens is 464 g/mol. The molecule has 0 saturated carbocycles. The molecule has 1 aliphatic heterocycles. The Balaban J connectivity index is 1.53. The standard InChI is InChI=1S/C27H23ClN4O3/c28-20-11-13-22(14-12-20)32-27(34)25(24(18-29-32)35-23-9-2-1-3-10-23)30-21-8-6-7-19(17-21)26(33)31-15-4-5-16-31/h1-3,6-14,17-18,30H,4-5,15-16H2. The number of hydrogen-bond acceptors (Lipinski definition) is 5. The summed E-state index contributed by atoms with van der Waals surface area (Å²) in [5.41, 5.74) is 1.52. The monoisotopic (exact) mass is 486 g/mol. The zero-order chi connectivity index (χ0) is 24.2. The van der Waals surface area contributed by atoms with E-state index < -0.39 is 5.56 Å². The minimum Gasteiger partial charge on any atom is -0.453 e. The zero-order valence-corrected chi connectivity index (χ0v) is 19.6. The molecule has 1 N–H and O–H groups in total. The Hall–Kier alpha value is -4.10. The number of halogens is 1. The number of carbonyl (C=O) groups is 1. The van der Waals surface area contributed by atoms with Crippen LogP contribution in [0.4, 0.5) is 11.4 Å². The number of benzene rings is 3. The summed E-state index contributed by atoms with van der Waals surface area (Å²) in [6.45, 7) is 1.53. The van der Waals surface area contributed by atoms with Gasteiger partial charge in [0.1, 0.15) is 5.75 Å². The number of rotatable bonds is 6. The van der Waals surface area contributed by atoms with Gasteiger partial charge < -0.3 is 15.0 Å². The highest BCUT2D eigenvalue weighted by Crippen LogP contribution is 2.29. The number of para-hydroxylation sites is 1. The van der Waals surface area contributed by atoms with E-state index in [4.69, 9.17) is 16.3 Å². The Labute approximate surface area is 207 Å². The highest BCUT2D eigenvalue weighted by Gasteiger charge is 2.20. The molecule has 176 valence electrons. The molecule has 1 aliphatic rings. The van der Waals surface area contributed by atoms with Crippen molar-refractivity contribution in [3.05, 3.63) is 106 Å². The Morgan fingerprint density at radius 3 is 2.43 bits per heavy atom. The van der Waals surface area contributed by atoms with Gasteiger partial charge in [-0.15, -0.1) is 0 Å². The number of nitrogens with one attached hydrogen (secondary N) is 1. The Bertz CT molecular complexity index is 1400. The SMILES string of the molecule is O=C(c1cccc(Nc2c(Oc3ccccc3)cnn(-c3ccc(Cl)cc3)c2=O)c1)N1CCCC1. The van der Waals surface area contributed by atoms with Crippen LogP contribution in [0, 0.1) is 0 Å². The average Bonchev–Trinajstić information content (AvgIpc) is 3.42. The zero-order valence-electron chi connectivity index (χ0n) is 18.9. The van der Waals surface area contributed by atoms with Crippen LogP contribution in [-0.4, -0.2) is 33.7 Å². The van der Waals surface area contributed by atoms with E-state index in [0.717, 1.165) is 25.9 Å². The van der Waals surface area contributed by atoms with Crippen LogP contribution in [0.5, 0.6) is 11.5 Å². The molecule has 0 spiro atoms. The fourth-order valence-corrected chi connectivity index (χ4v) is 4.12. The second-order valence-electron chi connectivity index (χ2n) is 8.20. The number of ether oxygens (including phenoxy) is 1. The molecule has 0 unspecified atom stereocenters. The van der Waals surface area contributed by atoms with Gasteiger partial charge in [-0.25, -0.2) is 0 Å². The molecule has 3 aromatic carbocycles. The lowest BCUT2D eigenvalue weighted by molar-refractivity contribution is 0.0793. The summed E-state index contributed by atoms with van der Waals surface area (Å²) in [7, 11) is 0. The third kappa shape index (κ3) is 5.05. The molecule has 0 radical (unpaired) electrons. The van der Waals surface area contributed by atoms with Gasteiger partial charge in [0.05, 0.1) is 11.9 Å². The summed E-state index contributed by atoms with van der Waals surface area (Å²) < 4.78 is 7.27. The molecule has 0 aliphatic carbocycles. The lowest BCUT2D eigenvalue weighted by Gasteiger charge is -2.17. The number of hydrogen-bond donors (Lipinski definition) is 1. The van der Waals surface area contributed by atoms with E-state index in [0.29, 0.717) is 27.7 Å². The second-order valence-corrected chi connectivity index (χ2v) is 8.63. The highest BCUT2D eigenvalue weighted by molar-refractivity contribution is 6.30. The Morgan fingerprint density at radius 1 is 0.943 bits per heavy atom. The normalized spacial score (nSPS) is 13.0. The summed E-state index contributed by atoms with van der Waals surface area (Å²) in [4.78, 5) is 28.3. The molecule has 1 fully saturated rings. The number of amides is 1. The maximum Gasteiger partial charge on any atom is 0.299 e. The average molecular weight is 487 g/mol. The first kappa shape index (κ1) is 22.7. The quantitative estimate of drug-likeness (QED) is 0.380. The first-order valence-corrected chi connectivity index (χ1v) is 11.7. The van der Waals surface area contributed by atoms with Crippen molar-refractivity contribution in [2.45, 2.75) is 12.8 Å². The van der Waals surface area contributed by atoms with Gasteiger partial charge in [-0.1, -0.05) is 35.9 Å². The van der Waals surface area contributed by atoms with Gasteiger partial charge in [-0.3, -0.25) is 9.59 Å². The second kappa shape index (κ2) is 10.0. The Kier molecular flexibility index (Phi) is 6.50. The highest BCUT2D eigenvalue weighted by atomic mass is 35.5. The van der Waals surface area contributed by atoms with Crippen LogP contribution in [0.25, 0.3) is 5.69 Å². The number of aromatic nitrogens is 2. The molecule has 0 bridgehead atoms. The fourth-order valence-electron chi connectivity index (χ4n) is 3.99. The van der Waals surface area contributed by atoms with Crippen molar-refractivity contribution in [3.8, 4) is 17.2 Å². The van der Waals surface area contributed by atoms with Gasteiger partial charge >= 0.3 is 0 Å². The lowest BCUT2D eigenvalue weighted by Crippen LogP contribution is -2.27. The minimum absolute atomic E-state index is 0.0137.